The van der Waals surface area contributed by atoms with Gasteiger partial charge in [0, 0.05) is 27.2 Å². The summed E-state index contributed by atoms with van der Waals surface area (Å²) in [5, 5.41) is 11.1. The lowest BCUT2D eigenvalue weighted by Gasteiger charge is -2.25. The quantitative estimate of drug-likeness (QED) is 0.168. The lowest BCUT2D eigenvalue weighted by Crippen LogP contribution is -2.31. The molecule has 8 heteroatoms. The van der Waals surface area contributed by atoms with Gasteiger partial charge in [0.2, 0.25) is 0 Å². The Kier molecular flexibility index (Phi) is 7.27. The van der Waals surface area contributed by atoms with Gasteiger partial charge in [-0.15, -0.1) is 0 Å². The number of aliphatic hydroxyl groups is 1. The van der Waals surface area contributed by atoms with Gasteiger partial charge in [0.1, 0.15) is 17.3 Å². The molecular weight excluding hydrogens is 414 g/mol. The minimum Gasteiger partial charge on any atom is -0.507 e. The maximum atomic E-state index is 13.0. The second kappa shape index (κ2) is 10.1. The van der Waals surface area contributed by atoms with Crippen LogP contribution in [0, 0.1) is 0 Å². The molecule has 0 spiro atoms. The van der Waals surface area contributed by atoms with Gasteiger partial charge in [0.25, 0.3) is 11.7 Å². The fraction of sp³-hybridized carbons (Fsp3) is 0.292. The summed E-state index contributed by atoms with van der Waals surface area (Å²) in [6.45, 7) is 1.97. The number of likely N-dealkylation sites (tertiary alicyclic amines) is 1. The van der Waals surface area contributed by atoms with Gasteiger partial charge in [-0.1, -0.05) is 24.3 Å². The Bertz CT molecular complexity index is 1040. The van der Waals surface area contributed by atoms with Crippen LogP contribution in [0.25, 0.3) is 5.76 Å². The number of nitrogens with zero attached hydrogens (tertiary/aromatic N) is 1. The smallest absolute Gasteiger partial charge is 0.308 e. The van der Waals surface area contributed by atoms with Crippen molar-refractivity contribution >= 4 is 23.4 Å². The van der Waals surface area contributed by atoms with Gasteiger partial charge in [-0.3, -0.25) is 14.4 Å². The van der Waals surface area contributed by atoms with Crippen LogP contribution in [0.3, 0.4) is 0 Å². The number of aliphatic hydroxyl groups excluding tert-OH is 1. The topological polar surface area (TPSA) is 102 Å². The van der Waals surface area contributed by atoms with Crippen molar-refractivity contribution in [3.05, 3.63) is 65.2 Å². The van der Waals surface area contributed by atoms with Gasteiger partial charge in [0.15, 0.2) is 0 Å². The summed E-state index contributed by atoms with van der Waals surface area (Å²) in [7, 11) is 3.02. The summed E-state index contributed by atoms with van der Waals surface area (Å²) in [5.74, 6) is -1.54. The van der Waals surface area contributed by atoms with E-state index in [1.807, 2.05) is 0 Å². The molecule has 1 unspecified atom stereocenters. The molecule has 0 aliphatic carbocycles. The fourth-order valence-electron chi connectivity index (χ4n) is 3.71. The maximum Gasteiger partial charge on any atom is 0.308 e. The highest BCUT2D eigenvalue weighted by molar-refractivity contribution is 6.46. The molecule has 1 N–H and O–H groups in total. The van der Waals surface area contributed by atoms with Crippen LogP contribution >= 0.6 is 0 Å². The van der Waals surface area contributed by atoms with E-state index in [2.05, 4.69) is 0 Å². The number of carbonyl (C=O) groups excluding carboxylic acids is 3. The predicted molar refractivity (Wildman–Crippen MR) is 116 cm³/mol. The molecule has 3 rings (SSSR count). The number of esters is 1. The van der Waals surface area contributed by atoms with Gasteiger partial charge in [-0.05, 0) is 36.2 Å². The molecular formula is C24H25NO7. The van der Waals surface area contributed by atoms with E-state index in [4.69, 9.17) is 14.2 Å². The van der Waals surface area contributed by atoms with Gasteiger partial charge < -0.3 is 24.2 Å². The van der Waals surface area contributed by atoms with Crippen molar-refractivity contribution in [3.8, 4) is 11.5 Å². The van der Waals surface area contributed by atoms with E-state index in [1.165, 1.54) is 18.9 Å². The Morgan fingerprint density at radius 2 is 1.75 bits per heavy atom. The summed E-state index contributed by atoms with van der Waals surface area (Å²) in [6.07, 6.45) is 0.514. The molecule has 8 nitrogen and oxygen atoms in total. The Hall–Kier alpha value is -3.65. The molecule has 1 atom stereocenters. The van der Waals surface area contributed by atoms with Crippen LogP contribution in [-0.2, 0) is 19.1 Å². The molecule has 0 aromatic heterocycles. The molecule has 1 heterocycles. The first-order valence-electron chi connectivity index (χ1n) is 10.1. The van der Waals surface area contributed by atoms with Crippen molar-refractivity contribution in [3.63, 3.8) is 0 Å². The highest BCUT2D eigenvalue weighted by atomic mass is 16.5. The van der Waals surface area contributed by atoms with Crippen LogP contribution in [0.4, 0.5) is 0 Å². The van der Waals surface area contributed by atoms with Crippen molar-refractivity contribution < 1.29 is 33.7 Å². The number of Topliss-reactive ketones (excluding diaryl/α,β-unsaturated/α-hetero) is 1. The van der Waals surface area contributed by atoms with E-state index in [1.54, 1.807) is 55.6 Å². The van der Waals surface area contributed by atoms with Crippen molar-refractivity contribution in [2.75, 3.05) is 27.4 Å². The molecule has 1 saturated heterocycles. The van der Waals surface area contributed by atoms with Crippen LogP contribution in [0.5, 0.6) is 11.5 Å². The SMILES string of the molecule is COCCCN1C(=O)C(=O)/C(=C(\O)c2ccccc2OC)C1c1ccc(OC(C)=O)cc1. The number of amides is 1. The van der Waals surface area contributed by atoms with E-state index >= 15 is 0 Å². The van der Waals surface area contributed by atoms with Gasteiger partial charge in [-0.2, -0.15) is 0 Å². The third-order valence-corrected chi connectivity index (χ3v) is 5.11. The average Bonchev–Trinajstić information content (AvgIpc) is 3.04. The van der Waals surface area contributed by atoms with Crippen LogP contribution < -0.4 is 9.47 Å². The standard InChI is InChI=1S/C24H25NO7/c1-15(26)32-17-11-9-16(10-12-17)21-20(22(27)18-7-4-5-8-19(18)31-3)23(28)24(29)25(21)13-6-14-30-2/h4-5,7-12,21,27H,6,13-14H2,1-3H3/b22-20-. The molecule has 1 aliphatic rings. The van der Waals surface area contributed by atoms with Gasteiger partial charge in [0.05, 0.1) is 24.3 Å². The first kappa shape index (κ1) is 23.0. The average molecular weight is 439 g/mol. The van der Waals surface area contributed by atoms with E-state index in [0.717, 1.165) is 0 Å². The van der Waals surface area contributed by atoms with Crippen LogP contribution in [-0.4, -0.2) is 55.0 Å². The molecule has 1 fully saturated rings. The largest absolute Gasteiger partial charge is 0.507 e. The summed E-state index contributed by atoms with van der Waals surface area (Å²) < 4.78 is 15.5. The number of rotatable bonds is 8. The van der Waals surface area contributed by atoms with Gasteiger partial charge >= 0.3 is 5.97 Å². The minimum absolute atomic E-state index is 0.0304. The minimum atomic E-state index is -0.817. The van der Waals surface area contributed by atoms with Crippen molar-refractivity contribution in [1.29, 1.82) is 0 Å². The highest BCUT2D eigenvalue weighted by Gasteiger charge is 2.46. The normalized spacial score (nSPS) is 17.5. The number of benzene rings is 2. The summed E-state index contributed by atoms with van der Waals surface area (Å²) >= 11 is 0. The zero-order chi connectivity index (χ0) is 23.3. The molecule has 168 valence electrons. The summed E-state index contributed by atoms with van der Waals surface area (Å²) in [5.41, 5.74) is 0.873. The zero-order valence-corrected chi connectivity index (χ0v) is 18.2. The number of ether oxygens (including phenoxy) is 3. The Morgan fingerprint density at radius 3 is 2.38 bits per heavy atom. The number of hydrogen-bond donors (Lipinski definition) is 1. The van der Waals surface area contributed by atoms with Crippen molar-refractivity contribution in [2.24, 2.45) is 0 Å². The number of methoxy groups -OCH3 is 2. The first-order chi connectivity index (χ1) is 15.4. The molecule has 0 radical (unpaired) electrons. The molecule has 2 aromatic rings. The second-order valence-corrected chi connectivity index (χ2v) is 7.20. The highest BCUT2D eigenvalue weighted by Crippen LogP contribution is 2.41. The number of hydrogen-bond acceptors (Lipinski definition) is 7. The van der Waals surface area contributed by atoms with Crippen molar-refractivity contribution in [2.45, 2.75) is 19.4 Å². The molecule has 0 bridgehead atoms. The second-order valence-electron chi connectivity index (χ2n) is 7.20. The number of para-hydroxylation sites is 1. The Labute approximate surface area is 186 Å². The van der Waals surface area contributed by atoms with Crippen LogP contribution in [0.2, 0.25) is 0 Å². The van der Waals surface area contributed by atoms with E-state index in [0.29, 0.717) is 35.7 Å². The zero-order valence-electron chi connectivity index (χ0n) is 18.2. The molecule has 1 aliphatic heterocycles. The Balaban J connectivity index is 2.12. The molecule has 0 saturated carbocycles. The monoisotopic (exact) mass is 439 g/mol. The third kappa shape index (κ3) is 4.65. The fourth-order valence-corrected chi connectivity index (χ4v) is 3.71. The molecule has 2 aromatic carbocycles. The van der Waals surface area contributed by atoms with Crippen LogP contribution in [0.1, 0.15) is 30.5 Å². The first-order valence-corrected chi connectivity index (χ1v) is 10.1. The van der Waals surface area contributed by atoms with E-state index in [9.17, 15) is 19.5 Å². The molecule has 32 heavy (non-hydrogen) atoms. The summed E-state index contributed by atoms with van der Waals surface area (Å²) in [4.78, 5) is 38.5. The maximum absolute atomic E-state index is 13.0. The van der Waals surface area contributed by atoms with E-state index in [-0.39, 0.29) is 17.9 Å². The number of ketones is 1. The molecule has 1 amide bonds. The third-order valence-electron chi connectivity index (χ3n) is 5.11. The predicted octanol–water partition coefficient (Wildman–Crippen LogP) is 3.08. The summed E-state index contributed by atoms with van der Waals surface area (Å²) in [6, 6.07) is 12.4. The van der Waals surface area contributed by atoms with E-state index < -0.39 is 23.7 Å². The Morgan fingerprint density at radius 1 is 1.06 bits per heavy atom. The van der Waals surface area contributed by atoms with Gasteiger partial charge in [-0.25, -0.2) is 0 Å². The van der Waals surface area contributed by atoms with Crippen molar-refractivity contribution in [1.82, 2.24) is 4.90 Å². The number of carbonyl (C=O) groups is 3. The van der Waals surface area contributed by atoms with Crippen LogP contribution in [0.15, 0.2) is 54.1 Å². The lowest BCUT2D eigenvalue weighted by molar-refractivity contribution is -0.140. The lowest BCUT2D eigenvalue weighted by atomic mass is 9.95.